The minimum absolute atomic E-state index is 0.0759. The van der Waals surface area contributed by atoms with E-state index in [1.807, 2.05) is 0 Å². The molecule has 0 spiro atoms. The summed E-state index contributed by atoms with van der Waals surface area (Å²) in [4.78, 5) is 73.0. The largest absolute Gasteiger partial charge is 0.472 e. The first-order valence-electron chi connectivity index (χ1n) is 39.5. The van der Waals surface area contributed by atoms with Crippen molar-refractivity contribution in [3.63, 3.8) is 0 Å². The lowest BCUT2D eigenvalue weighted by atomic mass is 10.1. The normalized spacial score (nSPS) is 14.4. The zero-order valence-electron chi connectivity index (χ0n) is 63.1. The molecule has 0 heterocycles. The van der Waals surface area contributed by atoms with Crippen LogP contribution < -0.4 is 0 Å². The van der Waals surface area contributed by atoms with Crippen LogP contribution in [0.3, 0.4) is 0 Å². The van der Waals surface area contributed by atoms with Gasteiger partial charge in [0.25, 0.3) is 0 Å². The lowest BCUT2D eigenvalue weighted by molar-refractivity contribution is -0.161. The van der Waals surface area contributed by atoms with Crippen LogP contribution >= 0.6 is 15.6 Å². The number of phosphoric ester groups is 2. The van der Waals surface area contributed by atoms with Crippen molar-refractivity contribution in [3.8, 4) is 0 Å². The van der Waals surface area contributed by atoms with Gasteiger partial charge in [-0.1, -0.05) is 260 Å². The Balaban J connectivity index is 5.39. The van der Waals surface area contributed by atoms with Gasteiger partial charge in [-0.05, 0) is 148 Å². The van der Waals surface area contributed by atoms with E-state index >= 15 is 0 Å². The van der Waals surface area contributed by atoms with Gasteiger partial charge in [0.1, 0.15) is 19.3 Å². The third-order valence-electron chi connectivity index (χ3n) is 16.5. The van der Waals surface area contributed by atoms with Crippen molar-refractivity contribution in [2.24, 2.45) is 0 Å². The SMILES string of the molecule is CC/C=C\C/C=C\C/C=C\CCCCCCCC(=O)OCC(COP(=O)(O)OCC(O)COP(=O)(O)OCC(COC(=O)CCCCCCC/C=C\C/C=C\CCCCC)OC(=O)CCCCCCC/C=C\C/C=C\CCCCC)OC(=O)CCCCCCC/C=C\CCCCCCCC. The molecule has 0 saturated carbocycles. The monoisotopic (exact) mass is 1450 g/mol. The minimum atomic E-state index is -4.98. The second-order valence-corrected chi connectivity index (χ2v) is 29.2. The molecule has 0 aliphatic rings. The summed E-state index contributed by atoms with van der Waals surface area (Å²) in [6, 6.07) is 0. The fraction of sp³-hybridized carbons (Fsp3) is 0.753. The van der Waals surface area contributed by atoms with Gasteiger partial charge in [0, 0.05) is 25.7 Å². The van der Waals surface area contributed by atoms with Crippen molar-refractivity contribution < 1.29 is 80.2 Å². The van der Waals surface area contributed by atoms with Crippen molar-refractivity contribution >= 4 is 39.5 Å². The van der Waals surface area contributed by atoms with Gasteiger partial charge in [0.2, 0.25) is 0 Å². The predicted molar refractivity (Wildman–Crippen MR) is 409 cm³/mol. The van der Waals surface area contributed by atoms with E-state index in [0.29, 0.717) is 25.7 Å². The zero-order chi connectivity index (χ0) is 73.2. The fourth-order valence-corrected chi connectivity index (χ4v) is 12.0. The Morgan fingerprint density at radius 2 is 0.520 bits per heavy atom. The van der Waals surface area contributed by atoms with E-state index in [-0.39, 0.29) is 25.7 Å². The molecule has 0 saturated heterocycles. The molecule has 17 nitrogen and oxygen atoms in total. The number of carbonyl (C=O) groups excluding carboxylic acids is 4. The molecule has 0 bridgehead atoms. The molecule has 0 aliphatic carbocycles. The van der Waals surface area contributed by atoms with Crippen LogP contribution in [0.15, 0.2) is 97.2 Å². The second kappa shape index (κ2) is 73.3. The molecule has 0 aromatic rings. The van der Waals surface area contributed by atoms with Crippen LogP contribution in [0.2, 0.25) is 0 Å². The molecule has 3 N–H and O–H groups in total. The summed E-state index contributed by atoms with van der Waals surface area (Å²) in [6.07, 6.45) is 76.7. The van der Waals surface area contributed by atoms with Crippen molar-refractivity contribution in [3.05, 3.63) is 97.2 Å². The molecule has 0 aromatic carbocycles. The maximum absolute atomic E-state index is 13.1. The Kier molecular flexibility index (Phi) is 70.4. The summed E-state index contributed by atoms with van der Waals surface area (Å²) in [6.45, 7) is 4.68. The Labute approximate surface area is 607 Å². The number of ether oxygens (including phenoxy) is 4. The first kappa shape index (κ1) is 96.0. The summed E-state index contributed by atoms with van der Waals surface area (Å²) >= 11 is 0. The molecule has 0 aliphatic heterocycles. The standard InChI is InChI=1S/C81H142O17P2/c1-5-9-13-17-21-25-29-33-37-41-45-49-53-57-61-65-78(83)91-71-76(97-80(85)67-63-59-55-51-47-43-39-35-31-27-23-19-15-11-7-3)73-95-99(87,88)93-69-75(82)70-94-100(89,90)96-74-77(98-81(86)68-64-60-56-52-48-44-40-36-32-28-24-20-16-12-8-4)72-92-79(84)66-62-58-54-50-46-42-38-34-30-26-22-18-14-10-6-2/h9,13,21-22,24-26,28,33-40,75-77,82H,5-8,10-12,14-20,23,27,29-32,41-74H2,1-4H3,(H,87,88)(H,89,90)/b13-9-,25-21-,26-22-,28-24-,37-33-,38-34-,39-35-,40-36-. The highest BCUT2D eigenvalue weighted by Gasteiger charge is 2.30. The average Bonchev–Trinajstić information content (AvgIpc) is 1.01. The van der Waals surface area contributed by atoms with Crippen molar-refractivity contribution in [1.82, 2.24) is 0 Å². The molecule has 0 amide bonds. The van der Waals surface area contributed by atoms with Gasteiger partial charge in [-0.15, -0.1) is 0 Å². The van der Waals surface area contributed by atoms with E-state index in [2.05, 4.69) is 125 Å². The first-order valence-corrected chi connectivity index (χ1v) is 42.5. The molecule has 100 heavy (non-hydrogen) atoms. The summed E-state index contributed by atoms with van der Waals surface area (Å²) < 4.78 is 68.5. The molecule has 5 unspecified atom stereocenters. The topological polar surface area (TPSA) is 237 Å². The van der Waals surface area contributed by atoms with Crippen LogP contribution in [-0.2, 0) is 65.4 Å². The van der Waals surface area contributed by atoms with Crippen LogP contribution in [0.5, 0.6) is 0 Å². The zero-order valence-corrected chi connectivity index (χ0v) is 64.9. The maximum Gasteiger partial charge on any atom is 0.472 e. The number of rotatable bonds is 74. The van der Waals surface area contributed by atoms with E-state index in [9.17, 15) is 43.2 Å². The van der Waals surface area contributed by atoms with Crippen LogP contribution in [0.1, 0.15) is 336 Å². The van der Waals surface area contributed by atoms with E-state index in [4.69, 9.17) is 37.0 Å². The summed E-state index contributed by atoms with van der Waals surface area (Å²) in [5.74, 6) is -2.22. The molecule has 5 atom stereocenters. The van der Waals surface area contributed by atoms with Crippen LogP contribution in [0.25, 0.3) is 0 Å². The lowest BCUT2D eigenvalue weighted by Crippen LogP contribution is -2.30. The maximum atomic E-state index is 13.1. The highest BCUT2D eigenvalue weighted by molar-refractivity contribution is 7.47. The van der Waals surface area contributed by atoms with Crippen molar-refractivity contribution in [2.45, 2.75) is 354 Å². The van der Waals surface area contributed by atoms with Gasteiger partial charge in [0.05, 0.1) is 26.4 Å². The Morgan fingerprint density at radius 1 is 0.290 bits per heavy atom. The highest BCUT2D eigenvalue weighted by Crippen LogP contribution is 2.45. The number of phosphoric acid groups is 2. The van der Waals surface area contributed by atoms with E-state index < -0.39 is 97.5 Å². The predicted octanol–water partition coefficient (Wildman–Crippen LogP) is 22.8. The van der Waals surface area contributed by atoms with Crippen LogP contribution in [0, 0.1) is 0 Å². The number of esters is 4. The van der Waals surface area contributed by atoms with Crippen molar-refractivity contribution in [2.75, 3.05) is 39.6 Å². The molecule has 0 radical (unpaired) electrons. The third kappa shape index (κ3) is 72.3. The van der Waals surface area contributed by atoms with E-state index in [0.717, 1.165) is 180 Å². The Morgan fingerprint density at radius 3 is 0.830 bits per heavy atom. The third-order valence-corrected chi connectivity index (χ3v) is 18.4. The molecular weight excluding hydrogens is 1310 g/mol. The lowest BCUT2D eigenvalue weighted by Gasteiger charge is -2.21. The highest BCUT2D eigenvalue weighted by atomic mass is 31.2. The van der Waals surface area contributed by atoms with Crippen LogP contribution in [-0.4, -0.2) is 96.7 Å². The minimum Gasteiger partial charge on any atom is -0.462 e. The van der Waals surface area contributed by atoms with Gasteiger partial charge in [-0.3, -0.25) is 37.3 Å². The fourth-order valence-electron chi connectivity index (χ4n) is 10.5. The molecular formula is C81H142O17P2. The Bertz CT molecular complexity index is 2270. The summed E-state index contributed by atoms with van der Waals surface area (Å²) in [7, 11) is -9.96. The van der Waals surface area contributed by atoms with Crippen molar-refractivity contribution in [1.29, 1.82) is 0 Å². The van der Waals surface area contributed by atoms with Gasteiger partial charge < -0.3 is 33.8 Å². The number of unbranched alkanes of at least 4 members (excludes halogenated alkanes) is 32. The van der Waals surface area contributed by atoms with Gasteiger partial charge in [-0.25, -0.2) is 9.13 Å². The van der Waals surface area contributed by atoms with Gasteiger partial charge in [0.15, 0.2) is 12.2 Å². The van der Waals surface area contributed by atoms with E-state index in [1.54, 1.807) is 0 Å². The van der Waals surface area contributed by atoms with Gasteiger partial charge in [-0.2, -0.15) is 0 Å². The molecule has 19 heteroatoms. The van der Waals surface area contributed by atoms with E-state index in [1.165, 1.54) is 77.0 Å². The number of carbonyl (C=O) groups is 4. The number of allylic oxidation sites excluding steroid dienone is 16. The molecule has 0 aromatic heterocycles. The molecule has 0 fully saturated rings. The number of aliphatic hydroxyl groups is 1. The molecule has 0 rings (SSSR count). The summed E-state index contributed by atoms with van der Waals surface area (Å²) in [5.41, 5.74) is 0. The first-order chi connectivity index (χ1) is 48.7. The molecule has 578 valence electrons. The number of aliphatic hydroxyl groups excluding tert-OH is 1. The Hall–Kier alpha value is -4.02. The van der Waals surface area contributed by atoms with Crippen LogP contribution in [0.4, 0.5) is 0 Å². The number of hydrogen-bond acceptors (Lipinski definition) is 15. The average molecular weight is 1450 g/mol. The van der Waals surface area contributed by atoms with Gasteiger partial charge >= 0.3 is 39.5 Å². The summed E-state index contributed by atoms with van der Waals surface area (Å²) in [5, 5.41) is 10.6. The number of hydrogen-bond donors (Lipinski definition) is 3. The second-order valence-electron chi connectivity index (χ2n) is 26.3. The quantitative estimate of drug-likeness (QED) is 0.0169. The smallest absolute Gasteiger partial charge is 0.462 e.